The number of aliphatic hydroxyl groups is 3. The van der Waals surface area contributed by atoms with Gasteiger partial charge in [-0.15, -0.1) is 0 Å². The van der Waals surface area contributed by atoms with Gasteiger partial charge in [-0.3, -0.25) is 0 Å². The van der Waals surface area contributed by atoms with Gasteiger partial charge in [-0.25, -0.2) is 9.47 Å². The van der Waals surface area contributed by atoms with Gasteiger partial charge in [-0.05, 0) is 12.8 Å². The third-order valence-corrected chi connectivity index (χ3v) is 5.44. The number of aromatic nitrogens is 2. The normalized spacial score (nSPS) is 38.8. The van der Waals surface area contributed by atoms with E-state index in [9.17, 15) is 15.3 Å². The van der Waals surface area contributed by atoms with Crippen molar-refractivity contribution in [2.75, 3.05) is 12.3 Å². The van der Waals surface area contributed by atoms with Crippen LogP contribution >= 0.6 is 0 Å². The Morgan fingerprint density at radius 3 is 2.62 bits per heavy atom. The number of hydrogen-bond donors (Lipinski definition) is 4. The molecule has 2 fully saturated rings. The monoisotopic (exact) mass is 336 g/mol. The maximum absolute atomic E-state index is 10.6. The summed E-state index contributed by atoms with van der Waals surface area (Å²) >= 11 is 0. The number of ether oxygens (including phenoxy) is 1. The Balaban J connectivity index is 1.84. The second-order valence-electron chi connectivity index (χ2n) is 6.68. The molecule has 24 heavy (non-hydrogen) atoms. The Hall–Kier alpha value is -1.65. The smallest absolute Gasteiger partial charge is 0.267 e. The highest BCUT2D eigenvalue weighted by Gasteiger charge is 2.60. The molecule has 3 aliphatic rings. The molecule has 0 radical (unpaired) electrons. The van der Waals surface area contributed by atoms with Gasteiger partial charge in [0.15, 0.2) is 23.9 Å². The minimum absolute atomic E-state index is 0.0940. The number of nitrogens with zero attached hydrogens (tertiary/aromatic N) is 4. The summed E-state index contributed by atoms with van der Waals surface area (Å²) in [5, 5.41) is 30.2. The molecule has 5 atom stereocenters. The lowest BCUT2D eigenvalue weighted by Crippen LogP contribution is -2.64. The molecule has 0 amide bonds. The number of nitrogen functional groups attached to an aromatic ring is 1. The molecule has 1 aliphatic carbocycles. The van der Waals surface area contributed by atoms with Crippen LogP contribution in [0.15, 0.2) is 11.3 Å². The van der Waals surface area contributed by atoms with E-state index in [-0.39, 0.29) is 22.9 Å². The maximum Gasteiger partial charge on any atom is 0.267 e. The number of rotatable bonds is 3. The van der Waals surface area contributed by atoms with E-state index < -0.39 is 24.5 Å². The van der Waals surface area contributed by atoms with Gasteiger partial charge in [0, 0.05) is 12.8 Å². The molecule has 1 aromatic heterocycles. The summed E-state index contributed by atoms with van der Waals surface area (Å²) in [5.41, 5.74) is 6.43. The molecular weight excluding hydrogens is 314 g/mol. The average molecular weight is 336 g/mol. The van der Waals surface area contributed by atoms with E-state index in [4.69, 9.17) is 10.5 Å². The van der Waals surface area contributed by atoms with E-state index in [1.54, 1.807) is 6.34 Å². The molecule has 9 heteroatoms. The summed E-state index contributed by atoms with van der Waals surface area (Å²) in [5.74, 6) is 0.866. The fourth-order valence-electron chi connectivity index (χ4n) is 4.22. The van der Waals surface area contributed by atoms with Crippen LogP contribution in [0.3, 0.4) is 0 Å². The maximum atomic E-state index is 10.6. The van der Waals surface area contributed by atoms with Gasteiger partial charge in [0.25, 0.3) is 5.82 Å². The molecule has 1 saturated carbocycles. The molecule has 9 nitrogen and oxygen atoms in total. The van der Waals surface area contributed by atoms with Crippen LogP contribution in [0.4, 0.5) is 17.3 Å². The van der Waals surface area contributed by atoms with Crippen LogP contribution in [-0.4, -0.2) is 68.8 Å². The van der Waals surface area contributed by atoms with Gasteiger partial charge in [0.05, 0.1) is 6.61 Å². The van der Waals surface area contributed by atoms with Gasteiger partial charge in [-0.1, -0.05) is 0 Å². The van der Waals surface area contributed by atoms with E-state index in [1.807, 2.05) is 0 Å². The van der Waals surface area contributed by atoms with E-state index in [2.05, 4.69) is 15.0 Å². The predicted octanol–water partition coefficient (Wildman–Crippen LogP) is -0.579. The molecule has 3 heterocycles. The first-order valence-corrected chi connectivity index (χ1v) is 8.26. The SMILES string of the molecule is Nc1ncnc2c1N=C[N+]2(C1CCCC1)[C@@H]1O[C@H](CO)[C@@H](O)[C@H]1O. The molecule has 1 aromatic rings. The van der Waals surface area contributed by atoms with Crippen LogP contribution in [0.1, 0.15) is 25.7 Å². The van der Waals surface area contributed by atoms with Crippen molar-refractivity contribution in [2.45, 2.75) is 56.3 Å². The lowest BCUT2D eigenvalue weighted by atomic mass is 10.1. The number of anilines is 1. The van der Waals surface area contributed by atoms with Gasteiger partial charge < -0.3 is 25.8 Å². The lowest BCUT2D eigenvalue weighted by Gasteiger charge is -2.40. The molecule has 1 unspecified atom stereocenters. The van der Waals surface area contributed by atoms with Gasteiger partial charge in [0.1, 0.15) is 24.6 Å². The summed E-state index contributed by atoms with van der Waals surface area (Å²) in [7, 11) is 0. The van der Waals surface area contributed by atoms with E-state index >= 15 is 0 Å². The highest BCUT2D eigenvalue weighted by atomic mass is 16.6. The van der Waals surface area contributed by atoms with E-state index in [0.29, 0.717) is 11.5 Å². The van der Waals surface area contributed by atoms with Crippen LogP contribution in [-0.2, 0) is 4.74 Å². The molecule has 0 spiro atoms. The summed E-state index contributed by atoms with van der Waals surface area (Å²) < 4.78 is 5.96. The number of quaternary nitrogens is 1. The van der Waals surface area contributed by atoms with Gasteiger partial charge in [-0.2, -0.15) is 9.98 Å². The standard InChI is InChI=1S/C15H22N5O4/c16-13-10-14(18-6-17-13)20(7-19-10,8-3-1-2-4-8)15-12(23)11(22)9(5-21)24-15/h6-9,11-12,15,21-23H,1-5H2,(H2,16,17,18)/q+1/t9-,11-,12-,15-,20?/m1/s1. The molecular formula is C15H22N5O4+. The number of aliphatic hydroxyl groups excluding tert-OH is 3. The summed E-state index contributed by atoms with van der Waals surface area (Å²) in [4.78, 5) is 12.8. The van der Waals surface area contributed by atoms with Crippen molar-refractivity contribution in [3.8, 4) is 0 Å². The number of aliphatic imine (C=N–C) groups is 1. The van der Waals surface area contributed by atoms with Crippen molar-refractivity contribution < 1.29 is 20.1 Å². The molecule has 130 valence electrons. The van der Waals surface area contributed by atoms with Crippen LogP contribution in [0, 0.1) is 0 Å². The van der Waals surface area contributed by atoms with Crippen molar-refractivity contribution in [2.24, 2.45) is 4.99 Å². The Morgan fingerprint density at radius 1 is 1.21 bits per heavy atom. The average Bonchev–Trinajstić information content (AvgIpc) is 3.29. The van der Waals surface area contributed by atoms with E-state index in [1.165, 1.54) is 6.33 Å². The Labute approximate surface area is 139 Å². The summed E-state index contributed by atoms with van der Waals surface area (Å²) in [6.45, 7) is -0.366. The van der Waals surface area contributed by atoms with Crippen LogP contribution < -0.4 is 10.2 Å². The first kappa shape index (κ1) is 15.9. The topological polar surface area (TPSA) is 134 Å². The molecule has 0 bridgehead atoms. The zero-order valence-corrected chi connectivity index (χ0v) is 13.2. The van der Waals surface area contributed by atoms with Crippen molar-refractivity contribution >= 4 is 23.7 Å². The zero-order valence-electron chi connectivity index (χ0n) is 13.2. The van der Waals surface area contributed by atoms with Crippen LogP contribution in [0.2, 0.25) is 0 Å². The molecule has 1 saturated heterocycles. The van der Waals surface area contributed by atoms with Gasteiger partial charge in [0.2, 0.25) is 6.23 Å². The molecule has 0 aromatic carbocycles. The third-order valence-electron chi connectivity index (χ3n) is 5.44. The zero-order chi connectivity index (χ0) is 16.9. The highest BCUT2D eigenvalue weighted by molar-refractivity contribution is 5.91. The number of fused-ring (bicyclic) bond motifs is 1. The van der Waals surface area contributed by atoms with Crippen molar-refractivity contribution in [1.29, 1.82) is 0 Å². The molecule has 4 rings (SSSR count). The van der Waals surface area contributed by atoms with Crippen LogP contribution in [0.5, 0.6) is 0 Å². The van der Waals surface area contributed by atoms with Crippen molar-refractivity contribution in [3.05, 3.63) is 6.33 Å². The first-order valence-electron chi connectivity index (χ1n) is 8.26. The van der Waals surface area contributed by atoms with Crippen molar-refractivity contribution in [1.82, 2.24) is 14.5 Å². The fraction of sp³-hybridized carbons (Fsp3) is 0.667. The third kappa shape index (κ3) is 2.02. The molecule has 5 N–H and O–H groups in total. The lowest BCUT2D eigenvalue weighted by molar-refractivity contribution is -0.0773. The number of hydrogen-bond acceptors (Lipinski definition) is 8. The Kier molecular flexibility index (Phi) is 3.77. The van der Waals surface area contributed by atoms with Gasteiger partial charge >= 0.3 is 0 Å². The van der Waals surface area contributed by atoms with Crippen molar-refractivity contribution in [3.63, 3.8) is 0 Å². The van der Waals surface area contributed by atoms with E-state index in [0.717, 1.165) is 25.7 Å². The largest absolute Gasteiger partial charge is 0.394 e. The Morgan fingerprint density at radius 2 is 1.96 bits per heavy atom. The predicted molar refractivity (Wildman–Crippen MR) is 86.4 cm³/mol. The highest BCUT2D eigenvalue weighted by Crippen LogP contribution is 2.48. The summed E-state index contributed by atoms with van der Waals surface area (Å²) in [6, 6.07) is 0.119. The second kappa shape index (κ2) is 5.71. The quantitative estimate of drug-likeness (QED) is 0.543. The minimum atomic E-state index is -1.16. The minimum Gasteiger partial charge on any atom is -0.394 e. The number of nitrogens with two attached hydrogens (primary N) is 1. The second-order valence-corrected chi connectivity index (χ2v) is 6.68. The van der Waals surface area contributed by atoms with Crippen LogP contribution in [0.25, 0.3) is 0 Å². The molecule has 2 aliphatic heterocycles. The Bertz CT molecular complexity index is 665. The first-order chi connectivity index (χ1) is 11.6. The summed E-state index contributed by atoms with van der Waals surface area (Å²) in [6.07, 6.45) is 3.15. The fourth-order valence-corrected chi connectivity index (χ4v) is 4.22.